The molecule has 1 saturated heterocycles. The maximum atomic E-state index is 12.5. The molecule has 144 valence electrons. The zero-order chi connectivity index (χ0) is 19.5. The van der Waals surface area contributed by atoms with E-state index in [-0.39, 0.29) is 6.42 Å². The molecule has 0 aromatic heterocycles. The zero-order valence-corrected chi connectivity index (χ0v) is 16.3. The van der Waals surface area contributed by atoms with Crippen LogP contribution in [0.4, 0.5) is 16.2 Å². The fraction of sp³-hybridized carbons (Fsp3) is 0.579. The van der Waals surface area contributed by atoms with Crippen LogP contribution in [0.3, 0.4) is 0 Å². The van der Waals surface area contributed by atoms with Gasteiger partial charge in [0.2, 0.25) is 0 Å². The van der Waals surface area contributed by atoms with E-state index in [1.54, 1.807) is 13.1 Å². The molecule has 0 aliphatic carbocycles. The molecule has 0 unspecified atom stereocenters. The third-order valence-electron chi connectivity index (χ3n) is 4.25. The molecule has 2 N–H and O–H groups in total. The van der Waals surface area contributed by atoms with Gasteiger partial charge in [-0.05, 0) is 51.0 Å². The highest BCUT2D eigenvalue weighted by molar-refractivity contribution is 5.90. The van der Waals surface area contributed by atoms with Crippen molar-refractivity contribution < 1.29 is 19.4 Å². The molecule has 1 aromatic rings. The molecule has 26 heavy (non-hydrogen) atoms. The molecule has 1 heterocycles. The highest BCUT2D eigenvalue weighted by Gasteiger charge is 2.24. The Labute approximate surface area is 154 Å². The third kappa shape index (κ3) is 5.11. The second-order valence-corrected chi connectivity index (χ2v) is 7.61. The summed E-state index contributed by atoms with van der Waals surface area (Å²) in [6.45, 7) is 10.8. The maximum absolute atomic E-state index is 12.5. The highest BCUT2D eigenvalue weighted by atomic mass is 16.6. The van der Waals surface area contributed by atoms with Crippen molar-refractivity contribution in [1.82, 2.24) is 5.32 Å². The summed E-state index contributed by atoms with van der Waals surface area (Å²) in [5, 5.41) is 12.5. The van der Waals surface area contributed by atoms with E-state index in [1.165, 1.54) is 4.90 Å². The Balaban J connectivity index is 2.42. The lowest BCUT2D eigenvalue weighted by Gasteiger charge is -2.33. The molecule has 0 spiro atoms. The van der Waals surface area contributed by atoms with Gasteiger partial charge >= 0.3 is 12.1 Å². The standard InChI is InChI=1S/C19H29N3O4/c1-13-15(21(5)18(25)26-19(2,3)4)10-14(12-17(23)24)11-16(13)22-8-6-20-7-9-22/h10-11,20H,6-9,12H2,1-5H3,(H,23,24). The molecule has 1 aliphatic rings. The number of anilines is 2. The minimum Gasteiger partial charge on any atom is -0.481 e. The average molecular weight is 363 g/mol. The number of carbonyl (C=O) groups excluding carboxylic acids is 1. The summed E-state index contributed by atoms with van der Waals surface area (Å²) in [5.74, 6) is -0.897. The van der Waals surface area contributed by atoms with Gasteiger partial charge in [-0.3, -0.25) is 9.69 Å². The van der Waals surface area contributed by atoms with Crippen molar-refractivity contribution in [2.45, 2.75) is 39.7 Å². The second kappa shape index (κ2) is 7.95. The number of rotatable bonds is 4. The summed E-state index contributed by atoms with van der Waals surface area (Å²) < 4.78 is 5.46. The lowest BCUT2D eigenvalue weighted by Crippen LogP contribution is -2.44. The Morgan fingerprint density at radius 3 is 2.42 bits per heavy atom. The van der Waals surface area contributed by atoms with Crippen LogP contribution < -0.4 is 15.1 Å². The minimum atomic E-state index is -0.897. The first-order valence-corrected chi connectivity index (χ1v) is 8.86. The Morgan fingerprint density at radius 2 is 1.88 bits per heavy atom. The zero-order valence-electron chi connectivity index (χ0n) is 16.3. The number of ether oxygens (including phenoxy) is 1. The fourth-order valence-electron chi connectivity index (χ4n) is 3.03. The van der Waals surface area contributed by atoms with E-state index in [2.05, 4.69) is 10.2 Å². The number of hydrogen-bond donors (Lipinski definition) is 2. The number of carboxylic acid groups (broad SMARTS) is 1. The van der Waals surface area contributed by atoms with E-state index in [0.29, 0.717) is 11.3 Å². The number of nitrogens with one attached hydrogen (secondary N) is 1. The Morgan fingerprint density at radius 1 is 1.27 bits per heavy atom. The van der Waals surface area contributed by atoms with Crippen LogP contribution in [-0.4, -0.2) is 56.0 Å². The van der Waals surface area contributed by atoms with E-state index in [0.717, 1.165) is 37.4 Å². The quantitative estimate of drug-likeness (QED) is 0.855. The molecule has 1 fully saturated rings. The van der Waals surface area contributed by atoms with Crippen LogP contribution in [-0.2, 0) is 16.0 Å². The summed E-state index contributed by atoms with van der Waals surface area (Å²) >= 11 is 0. The Kier molecular flexibility index (Phi) is 6.13. The van der Waals surface area contributed by atoms with Crippen molar-refractivity contribution in [2.24, 2.45) is 0 Å². The molecule has 7 nitrogen and oxygen atoms in total. The number of carbonyl (C=O) groups is 2. The predicted molar refractivity (Wildman–Crippen MR) is 102 cm³/mol. The molecule has 0 bridgehead atoms. The van der Waals surface area contributed by atoms with Crippen LogP contribution in [0.5, 0.6) is 0 Å². The summed E-state index contributed by atoms with van der Waals surface area (Å²) in [6.07, 6.45) is -0.548. The largest absolute Gasteiger partial charge is 0.481 e. The molecule has 7 heteroatoms. The monoisotopic (exact) mass is 363 g/mol. The normalized spacial score (nSPS) is 14.9. The lowest BCUT2D eigenvalue weighted by atomic mass is 10.0. The average Bonchev–Trinajstić information content (AvgIpc) is 2.54. The predicted octanol–water partition coefficient (Wildman–Crippen LogP) is 2.40. The molecular formula is C19H29N3O4. The molecule has 0 atom stereocenters. The highest BCUT2D eigenvalue weighted by Crippen LogP contribution is 2.32. The van der Waals surface area contributed by atoms with E-state index >= 15 is 0 Å². The van der Waals surface area contributed by atoms with Crippen molar-refractivity contribution in [2.75, 3.05) is 43.0 Å². The number of piperazine rings is 1. The smallest absolute Gasteiger partial charge is 0.414 e. The van der Waals surface area contributed by atoms with Gasteiger partial charge in [-0.25, -0.2) is 4.79 Å². The number of amides is 1. The first-order valence-electron chi connectivity index (χ1n) is 8.86. The number of hydrogen-bond acceptors (Lipinski definition) is 5. The molecule has 1 amide bonds. The van der Waals surface area contributed by atoms with Crippen molar-refractivity contribution in [3.05, 3.63) is 23.3 Å². The topological polar surface area (TPSA) is 82.1 Å². The third-order valence-corrected chi connectivity index (χ3v) is 4.25. The Bertz CT molecular complexity index is 676. The molecular weight excluding hydrogens is 334 g/mol. The summed E-state index contributed by atoms with van der Waals surface area (Å²) in [5.41, 5.74) is 2.65. The SMILES string of the molecule is Cc1c(N2CCNCC2)cc(CC(=O)O)cc1N(C)C(=O)OC(C)(C)C. The van der Waals surface area contributed by atoms with Crippen LogP contribution in [0, 0.1) is 6.92 Å². The van der Waals surface area contributed by atoms with Gasteiger partial charge in [-0.1, -0.05) is 0 Å². The number of nitrogens with zero attached hydrogens (tertiary/aromatic N) is 2. The molecule has 0 saturated carbocycles. The van der Waals surface area contributed by atoms with Gasteiger partial charge in [-0.15, -0.1) is 0 Å². The summed E-state index contributed by atoms with van der Waals surface area (Å²) in [6, 6.07) is 3.68. The number of carboxylic acids is 1. The molecule has 1 aromatic carbocycles. The first kappa shape index (κ1) is 20.0. The fourth-order valence-corrected chi connectivity index (χ4v) is 3.03. The van der Waals surface area contributed by atoms with E-state index in [9.17, 15) is 14.7 Å². The van der Waals surface area contributed by atoms with Gasteiger partial charge in [0.05, 0.1) is 12.1 Å². The molecule has 2 rings (SSSR count). The van der Waals surface area contributed by atoms with Crippen LogP contribution in [0.15, 0.2) is 12.1 Å². The van der Waals surface area contributed by atoms with Gasteiger partial charge in [0, 0.05) is 38.9 Å². The van der Waals surface area contributed by atoms with Gasteiger partial charge in [0.15, 0.2) is 0 Å². The lowest BCUT2D eigenvalue weighted by molar-refractivity contribution is -0.136. The van der Waals surface area contributed by atoms with Crippen LogP contribution in [0.1, 0.15) is 31.9 Å². The van der Waals surface area contributed by atoms with Crippen LogP contribution in [0.25, 0.3) is 0 Å². The van der Waals surface area contributed by atoms with E-state index in [1.807, 2.05) is 33.8 Å². The molecule has 1 aliphatic heterocycles. The van der Waals surface area contributed by atoms with Crippen molar-refractivity contribution in [3.63, 3.8) is 0 Å². The number of benzene rings is 1. The summed E-state index contributed by atoms with van der Waals surface area (Å²) in [4.78, 5) is 27.4. The van der Waals surface area contributed by atoms with Crippen LogP contribution >= 0.6 is 0 Å². The summed E-state index contributed by atoms with van der Waals surface area (Å²) in [7, 11) is 1.66. The van der Waals surface area contributed by atoms with Crippen LogP contribution in [0.2, 0.25) is 0 Å². The van der Waals surface area contributed by atoms with Gasteiger partial charge in [0.25, 0.3) is 0 Å². The van der Waals surface area contributed by atoms with Gasteiger partial charge in [-0.2, -0.15) is 0 Å². The molecule has 0 radical (unpaired) electrons. The minimum absolute atomic E-state index is 0.0888. The number of aliphatic carboxylic acids is 1. The second-order valence-electron chi connectivity index (χ2n) is 7.61. The first-order chi connectivity index (χ1) is 12.1. The van der Waals surface area contributed by atoms with Crippen molar-refractivity contribution >= 4 is 23.4 Å². The van der Waals surface area contributed by atoms with Gasteiger partial charge < -0.3 is 20.1 Å². The maximum Gasteiger partial charge on any atom is 0.414 e. The van der Waals surface area contributed by atoms with Crippen molar-refractivity contribution in [1.29, 1.82) is 0 Å². The van der Waals surface area contributed by atoms with E-state index < -0.39 is 17.7 Å². The Hall–Kier alpha value is -2.28. The van der Waals surface area contributed by atoms with Gasteiger partial charge in [0.1, 0.15) is 5.60 Å². The van der Waals surface area contributed by atoms with Crippen molar-refractivity contribution in [3.8, 4) is 0 Å². The van der Waals surface area contributed by atoms with E-state index in [4.69, 9.17) is 4.74 Å².